The Labute approximate surface area is 207 Å². The number of esters is 1. The number of hydrogen-bond acceptors (Lipinski definition) is 6. The first kappa shape index (κ1) is 23.7. The molecule has 8 heteroatoms. The molecule has 4 atom stereocenters. The lowest BCUT2D eigenvalue weighted by Crippen LogP contribution is -2.53. The van der Waals surface area contributed by atoms with Crippen molar-refractivity contribution in [2.75, 3.05) is 18.6 Å². The monoisotopic (exact) mass is 488 g/mol. The van der Waals surface area contributed by atoms with Crippen LogP contribution < -0.4 is 15.0 Å². The lowest BCUT2D eigenvalue weighted by atomic mass is 9.75. The van der Waals surface area contributed by atoms with Gasteiger partial charge in [0.1, 0.15) is 11.6 Å². The number of ether oxygens (including phenoxy) is 2. The zero-order chi connectivity index (χ0) is 25.4. The van der Waals surface area contributed by atoms with E-state index < -0.39 is 47.0 Å². The lowest BCUT2D eigenvalue weighted by Gasteiger charge is -2.33. The quantitative estimate of drug-likeness (QED) is 0.420. The van der Waals surface area contributed by atoms with Crippen molar-refractivity contribution in [3.63, 3.8) is 0 Å². The van der Waals surface area contributed by atoms with Gasteiger partial charge in [0.15, 0.2) is 5.54 Å². The van der Waals surface area contributed by atoms with Crippen molar-refractivity contribution >= 4 is 23.5 Å². The maximum Gasteiger partial charge on any atom is 0.331 e. The number of anilines is 1. The first-order valence-corrected chi connectivity index (χ1v) is 11.7. The van der Waals surface area contributed by atoms with Crippen LogP contribution in [0.4, 0.5) is 10.1 Å². The summed E-state index contributed by atoms with van der Waals surface area (Å²) in [7, 11) is 1.23. The van der Waals surface area contributed by atoms with Crippen LogP contribution in [-0.4, -0.2) is 31.5 Å². The summed E-state index contributed by atoms with van der Waals surface area (Å²) in [5.74, 6) is -3.94. The van der Waals surface area contributed by atoms with Crippen LogP contribution in [0.5, 0.6) is 5.75 Å². The minimum atomic E-state index is -1.69. The molecule has 0 radical (unpaired) electrons. The molecule has 0 aromatic heterocycles. The fraction of sp³-hybridized carbons (Fsp3) is 0.250. The van der Waals surface area contributed by atoms with Crippen LogP contribution in [-0.2, 0) is 24.7 Å². The summed E-state index contributed by atoms with van der Waals surface area (Å²) in [6.45, 7) is 2.33. The topological polar surface area (TPSA) is 84.9 Å². The van der Waals surface area contributed by atoms with Gasteiger partial charge in [-0.3, -0.25) is 14.9 Å². The molecule has 1 N–H and O–H groups in total. The maximum absolute atomic E-state index is 15.0. The normalized spacial score (nSPS) is 25.1. The third kappa shape index (κ3) is 3.48. The fourth-order valence-corrected chi connectivity index (χ4v) is 5.45. The van der Waals surface area contributed by atoms with E-state index in [0.717, 1.165) is 4.90 Å². The van der Waals surface area contributed by atoms with E-state index in [9.17, 15) is 14.4 Å². The van der Waals surface area contributed by atoms with Crippen LogP contribution in [0.15, 0.2) is 78.9 Å². The fourth-order valence-electron chi connectivity index (χ4n) is 5.45. The molecule has 0 unspecified atom stereocenters. The molecular weight excluding hydrogens is 463 g/mol. The number of rotatable bonds is 6. The highest BCUT2D eigenvalue weighted by molar-refractivity contribution is 6.24. The third-order valence-electron chi connectivity index (χ3n) is 6.94. The summed E-state index contributed by atoms with van der Waals surface area (Å²) >= 11 is 0. The van der Waals surface area contributed by atoms with Gasteiger partial charge in [0, 0.05) is 11.6 Å². The van der Waals surface area contributed by atoms with Crippen molar-refractivity contribution in [1.29, 1.82) is 0 Å². The molecule has 3 aromatic carbocycles. The Morgan fingerprint density at radius 1 is 0.972 bits per heavy atom. The highest BCUT2D eigenvalue weighted by Gasteiger charge is 2.70. The summed E-state index contributed by atoms with van der Waals surface area (Å²) in [4.78, 5) is 42.5. The Hall–Kier alpha value is -4.04. The second-order valence-corrected chi connectivity index (χ2v) is 8.75. The number of amides is 2. The van der Waals surface area contributed by atoms with Crippen molar-refractivity contribution < 1.29 is 28.2 Å². The van der Waals surface area contributed by atoms with Gasteiger partial charge in [0.25, 0.3) is 0 Å². The van der Waals surface area contributed by atoms with Crippen LogP contribution in [0.1, 0.15) is 24.1 Å². The molecule has 2 fully saturated rings. The van der Waals surface area contributed by atoms with E-state index in [1.54, 1.807) is 72.8 Å². The van der Waals surface area contributed by atoms with Gasteiger partial charge in [-0.05, 0) is 42.8 Å². The van der Waals surface area contributed by atoms with E-state index in [1.807, 2.05) is 6.92 Å². The average molecular weight is 489 g/mol. The molecule has 0 aliphatic carbocycles. The van der Waals surface area contributed by atoms with Gasteiger partial charge in [0.2, 0.25) is 11.8 Å². The Morgan fingerprint density at radius 2 is 1.64 bits per heavy atom. The van der Waals surface area contributed by atoms with Crippen LogP contribution in [0.25, 0.3) is 0 Å². The first-order chi connectivity index (χ1) is 17.4. The zero-order valence-corrected chi connectivity index (χ0v) is 19.8. The smallest absolute Gasteiger partial charge is 0.331 e. The first-order valence-electron chi connectivity index (χ1n) is 11.7. The van der Waals surface area contributed by atoms with Gasteiger partial charge in [-0.15, -0.1) is 0 Å². The molecule has 2 heterocycles. The van der Waals surface area contributed by atoms with Crippen molar-refractivity contribution in [3.05, 3.63) is 95.8 Å². The molecule has 36 heavy (non-hydrogen) atoms. The lowest BCUT2D eigenvalue weighted by molar-refractivity contribution is -0.152. The highest BCUT2D eigenvalue weighted by atomic mass is 19.1. The molecule has 2 amide bonds. The number of carbonyl (C=O) groups excluding carboxylic acids is 3. The van der Waals surface area contributed by atoms with Crippen LogP contribution in [0.3, 0.4) is 0 Å². The van der Waals surface area contributed by atoms with Gasteiger partial charge >= 0.3 is 5.97 Å². The second-order valence-electron chi connectivity index (χ2n) is 8.75. The molecule has 5 rings (SSSR count). The number of nitrogens with one attached hydrogen (secondary N) is 1. The molecule has 184 valence electrons. The van der Waals surface area contributed by atoms with E-state index in [-0.39, 0.29) is 5.56 Å². The maximum atomic E-state index is 15.0. The number of carbonyl (C=O) groups is 3. The highest BCUT2D eigenvalue weighted by Crippen LogP contribution is 2.54. The number of imide groups is 1. The Balaban J connectivity index is 1.69. The third-order valence-corrected chi connectivity index (χ3v) is 6.94. The molecule has 0 spiro atoms. The van der Waals surface area contributed by atoms with Crippen LogP contribution >= 0.6 is 0 Å². The standard InChI is InChI=1S/C28H25FN2O5/c1-3-36-19-15-13-18(14-16-19)31-25(32)22-23(26(31)33)28(27(34)35-2,17-9-5-4-6-10-17)30-24(22)20-11-7-8-12-21(20)29/h4-16,22-24,30H,3H2,1-2H3/t22-,23-,24-,28-/m0/s1. The summed E-state index contributed by atoms with van der Waals surface area (Å²) in [6.07, 6.45) is 0. The van der Waals surface area contributed by atoms with Gasteiger partial charge in [-0.1, -0.05) is 48.5 Å². The number of benzene rings is 3. The molecule has 3 aromatic rings. The van der Waals surface area contributed by atoms with E-state index in [1.165, 1.54) is 13.2 Å². The Bertz CT molecular complexity index is 1310. The molecule has 2 saturated heterocycles. The largest absolute Gasteiger partial charge is 0.494 e. The SMILES string of the molecule is CCOc1ccc(N2C(=O)[C@H]3[C@@H](C2=O)[C@](C(=O)OC)(c2ccccc2)N[C@H]3c2ccccc2F)cc1. The minimum Gasteiger partial charge on any atom is -0.494 e. The van der Waals surface area contributed by atoms with E-state index in [0.29, 0.717) is 23.6 Å². The van der Waals surface area contributed by atoms with Gasteiger partial charge in [-0.25, -0.2) is 14.1 Å². The summed E-state index contributed by atoms with van der Waals surface area (Å²) in [5, 5.41) is 3.19. The predicted octanol–water partition coefficient (Wildman–Crippen LogP) is 3.74. The minimum absolute atomic E-state index is 0.198. The van der Waals surface area contributed by atoms with Gasteiger partial charge < -0.3 is 9.47 Å². The van der Waals surface area contributed by atoms with Gasteiger partial charge in [-0.2, -0.15) is 0 Å². The van der Waals surface area contributed by atoms with Crippen molar-refractivity contribution in [2.24, 2.45) is 11.8 Å². The number of halogens is 1. The Kier molecular flexibility index (Phi) is 6.05. The average Bonchev–Trinajstić information content (AvgIpc) is 3.39. The number of nitrogens with zero attached hydrogens (tertiary/aromatic N) is 1. The second kappa shape index (κ2) is 9.20. The van der Waals surface area contributed by atoms with Crippen LogP contribution in [0, 0.1) is 17.7 Å². The molecule has 7 nitrogen and oxygen atoms in total. The molecule has 2 aliphatic rings. The number of methoxy groups -OCH3 is 1. The van der Waals surface area contributed by atoms with Crippen molar-refractivity contribution in [3.8, 4) is 5.75 Å². The molecule has 0 saturated carbocycles. The zero-order valence-electron chi connectivity index (χ0n) is 19.8. The van der Waals surface area contributed by atoms with Crippen LogP contribution in [0.2, 0.25) is 0 Å². The Morgan fingerprint density at radius 3 is 2.28 bits per heavy atom. The number of fused-ring (bicyclic) bond motifs is 1. The van der Waals surface area contributed by atoms with Gasteiger partial charge in [0.05, 0.1) is 31.2 Å². The molecule has 0 bridgehead atoms. The number of hydrogen-bond donors (Lipinski definition) is 1. The van der Waals surface area contributed by atoms with E-state index in [4.69, 9.17) is 9.47 Å². The summed E-state index contributed by atoms with van der Waals surface area (Å²) in [5.41, 5.74) is -0.688. The summed E-state index contributed by atoms with van der Waals surface area (Å²) in [6, 6.07) is 20.3. The predicted molar refractivity (Wildman–Crippen MR) is 129 cm³/mol. The van der Waals surface area contributed by atoms with Crippen molar-refractivity contribution in [2.45, 2.75) is 18.5 Å². The van der Waals surface area contributed by atoms with E-state index in [2.05, 4.69) is 5.32 Å². The molecule has 2 aliphatic heterocycles. The molecular formula is C28H25FN2O5. The van der Waals surface area contributed by atoms with E-state index >= 15 is 4.39 Å². The summed E-state index contributed by atoms with van der Waals surface area (Å²) < 4.78 is 25.7. The van der Waals surface area contributed by atoms with Crippen molar-refractivity contribution in [1.82, 2.24) is 5.32 Å².